The SMILES string of the molecule is CCc1ccc(N2C(=O)NC(=O)/C(=C\c3cc(F)c(N4CCCC4)cc3C)C2=O)cc1. The van der Waals surface area contributed by atoms with Gasteiger partial charge in [-0.2, -0.15) is 0 Å². The lowest BCUT2D eigenvalue weighted by atomic mass is 10.0. The molecule has 7 heteroatoms. The number of halogens is 1. The fourth-order valence-corrected chi connectivity index (χ4v) is 3.97. The Kier molecular flexibility index (Phi) is 5.59. The normalized spacial score (nSPS) is 18.2. The molecular weight excluding hydrogens is 397 g/mol. The summed E-state index contributed by atoms with van der Waals surface area (Å²) >= 11 is 0. The van der Waals surface area contributed by atoms with Gasteiger partial charge in [-0.15, -0.1) is 0 Å². The lowest BCUT2D eigenvalue weighted by molar-refractivity contribution is -0.122. The highest BCUT2D eigenvalue weighted by Gasteiger charge is 2.37. The molecule has 160 valence electrons. The molecule has 0 spiro atoms. The zero-order valence-electron chi connectivity index (χ0n) is 17.6. The Morgan fingerprint density at radius 3 is 2.39 bits per heavy atom. The maximum absolute atomic E-state index is 14.8. The van der Waals surface area contributed by atoms with E-state index in [1.807, 2.05) is 30.9 Å². The number of carbonyl (C=O) groups is 3. The van der Waals surface area contributed by atoms with Gasteiger partial charge in [-0.3, -0.25) is 14.9 Å². The molecular formula is C24H24FN3O3. The van der Waals surface area contributed by atoms with Crippen LogP contribution in [0.4, 0.5) is 20.6 Å². The van der Waals surface area contributed by atoms with Crippen LogP contribution in [0.5, 0.6) is 0 Å². The number of amides is 4. The minimum atomic E-state index is -0.802. The summed E-state index contributed by atoms with van der Waals surface area (Å²) in [5.41, 5.74) is 2.91. The van der Waals surface area contributed by atoms with Gasteiger partial charge in [0.25, 0.3) is 11.8 Å². The van der Waals surface area contributed by atoms with Gasteiger partial charge in [0.05, 0.1) is 11.4 Å². The fourth-order valence-electron chi connectivity index (χ4n) is 3.97. The van der Waals surface area contributed by atoms with E-state index in [1.54, 1.807) is 18.2 Å². The van der Waals surface area contributed by atoms with Crippen molar-refractivity contribution in [2.75, 3.05) is 22.9 Å². The van der Waals surface area contributed by atoms with Crippen LogP contribution in [0.15, 0.2) is 42.0 Å². The van der Waals surface area contributed by atoms with E-state index in [0.29, 0.717) is 16.9 Å². The first-order valence-electron chi connectivity index (χ1n) is 10.4. The quantitative estimate of drug-likeness (QED) is 0.599. The topological polar surface area (TPSA) is 69.7 Å². The third-order valence-electron chi connectivity index (χ3n) is 5.79. The fraction of sp³-hybridized carbons (Fsp3) is 0.292. The van der Waals surface area contributed by atoms with Crippen molar-refractivity contribution in [1.82, 2.24) is 5.32 Å². The van der Waals surface area contributed by atoms with Gasteiger partial charge in [0.2, 0.25) is 0 Å². The summed E-state index contributed by atoms with van der Waals surface area (Å²) in [6.07, 6.45) is 4.23. The van der Waals surface area contributed by atoms with Gasteiger partial charge in [-0.05, 0) is 73.2 Å². The van der Waals surface area contributed by atoms with Gasteiger partial charge in [0.1, 0.15) is 11.4 Å². The van der Waals surface area contributed by atoms with Crippen molar-refractivity contribution >= 4 is 35.3 Å². The molecule has 2 saturated heterocycles. The van der Waals surface area contributed by atoms with E-state index in [0.717, 1.165) is 48.4 Å². The van der Waals surface area contributed by atoms with Gasteiger partial charge in [-0.1, -0.05) is 19.1 Å². The van der Waals surface area contributed by atoms with E-state index in [2.05, 4.69) is 5.32 Å². The highest BCUT2D eigenvalue weighted by molar-refractivity contribution is 6.39. The van der Waals surface area contributed by atoms with Crippen LogP contribution in [0.1, 0.15) is 36.5 Å². The van der Waals surface area contributed by atoms with E-state index in [-0.39, 0.29) is 5.57 Å². The van der Waals surface area contributed by atoms with Gasteiger partial charge in [-0.25, -0.2) is 14.1 Å². The van der Waals surface area contributed by atoms with Crippen LogP contribution in [0.3, 0.4) is 0 Å². The van der Waals surface area contributed by atoms with Crippen LogP contribution >= 0.6 is 0 Å². The molecule has 2 heterocycles. The predicted octanol–water partition coefficient (Wildman–Crippen LogP) is 3.96. The summed E-state index contributed by atoms with van der Waals surface area (Å²) in [4.78, 5) is 40.8. The number of benzene rings is 2. The van der Waals surface area contributed by atoms with Crippen molar-refractivity contribution in [2.24, 2.45) is 0 Å². The second-order valence-corrected chi connectivity index (χ2v) is 7.83. The van der Waals surface area contributed by atoms with Gasteiger partial charge >= 0.3 is 6.03 Å². The number of anilines is 2. The average Bonchev–Trinajstić information content (AvgIpc) is 3.28. The average molecular weight is 421 g/mol. The van der Waals surface area contributed by atoms with E-state index >= 15 is 0 Å². The number of hydrogen-bond donors (Lipinski definition) is 1. The maximum atomic E-state index is 14.8. The lowest BCUT2D eigenvalue weighted by Crippen LogP contribution is -2.54. The second-order valence-electron chi connectivity index (χ2n) is 7.83. The zero-order valence-corrected chi connectivity index (χ0v) is 17.6. The molecule has 2 fully saturated rings. The largest absolute Gasteiger partial charge is 0.369 e. The number of barbiturate groups is 1. The van der Waals surface area contributed by atoms with Gasteiger partial charge in [0.15, 0.2) is 0 Å². The molecule has 31 heavy (non-hydrogen) atoms. The van der Waals surface area contributed by atoms with Crippen molar-refractivity contribution in [3.63, 3.8) is 0 Å². The maximum Gasteiger partial charge on any atom is 0.335 e. The van der Waals surface area contributed by atoms with Crippen molar-refractivity contribution < 1.29 is 18.8 Å². The Bertz CT molecular complexity index is 1090. The van der Waals surface area contributed by atoms with Crippen molar-refractivity contribution in [3.8, 4) is 0 Å². The molecule has 0 aliphatic carbocycles. The Hall–Kier alpha value is -3.48. The lowest BCUT2D eigenvalue weighted by Gasteiger charge is -2.26. The van der Waals surface area contributed by atoms with Crippen molar-refractivity contribution in [3.05, 3.63) is 64.5 Å². The first kappa shape index (κ1) is 20.8. The summed E-state index contributed by atoms with van der Waals surface area (Å²) < 4.78 is 14.8. The Morgan fingerprint density at radius 1 is 1.06 bits per heavy atom. The molecule has 0 radical (unpaired) electrons. The van der Waals surface area contributed by atoms with E-state index in [9.17, 15) is 18.8 Å². The standard InChI is InChI=1S/C24H24FN3O3/c1-3-16-6-8-18(9-7-16)28-23(30)19(22(29)26-24(28)31)13-17-14-20(25)21(12-15(17)2)27-10-4-5-11-27/h6-9,12-14H,3-5,10-11H2,1-2H3,(H,26,29,31)/b19-13+. The highest BCUT2D eigenvalue weighted by atomic mass is 19.1. The molecule has 0 atom stereocenters. The van der Waals surface area contributed by atoms with E-state index < -0.39 is 23.7 Å². The van der Waals surface area contributed by atoms with Crippen molar-refractivity contribution in [2.45, 2.75) is 33.1 Å². The van der Waals surface area contributed by atoms with E-state index in [4.69, 9.17) is 0 Å². The summed E-state index contributed by atoms with van der Waals surface area (Å²) in [6, 6.07) is 9.26. The number of nitrogens with one attached hydrogen (secondary N) is 1. The summed E-state index contributed by atoms with van der Waals surface area (Å²) in [6.45, 7) is 5.43. The molecule has 2 aliphatic heterocycles. The zero-order chi connectivity index (χ0) is 22.1. The third-order valence-corrected chi connectivity index (χ3v) is 5.79. The molecule has 1 N–H and O–H groups in total. The first-order chi connectivity index (χ1) is 14.9. The summed E-state index contributed by atoms with van der Waals surface area (Å²) in [7, 11) is 0. The van der Waals surface area contributed by atoms with Gasteiger partial charge in [0, 0.05) is 13.1 Å². The monoisotopic (exact) mass is 421 g/mol. The molecule has 0 bridgehead atoms. The first-order valence-corrected chi connectivity index (χ1v) is 10.4. The minimum absolute atomic E-state index is 0.212. The third kappa shape index (κ3) is 3.95. The number of rotatable bonds is 4. The molecule has 4 amide bonds. The molecule has 0 unspecified atom stereocenters. The Labute approximate surface area is 180 Å². The number of imide groups is 2. The molecule has 6 nitrogen and oxygen atoms in total. The van der Waals surface area contributed by atoms with Crippen LogP contribution in [0.2, 0.25) is 0 Å². The Balaban J connectivity index is 1.69. The number of carbonyl (C=O) groups excluding carboxylic acids is 3. The number of aryl methyl sites for hydroxylation is 2. The predicted molar refractivity (Wildman–Crippen MR) is 117 cm³/mol. The highest BCUT2D eigenvalue weighted by Crippen LogP contribution is 2.29. The number of hydrogen-bond acceptors (Lipinski definition) is 4. The number of nitrogens with zero attached hydrogens (tertiary/aromatic N) is 2. The van der Waals surface area contributed by atoms with Crippen LogP contribution in [-0.4, -0.2) is 30.9 Å². The molecule has 0 aromatic heterocycles. The van der Waals surface area contributed by atoms with Gasteiger partial charge < -0.3 is 4.90 Å². The summed E-state index contributed by atoms with van der Waals surface area (Å²) in [5.74, 6) is -1.92. The minimum Gasteiger partial charge on any atom is -0.369 e. The molecule has 2 aromatic carbocycles. The molecule has 2 aromatic rings. The van der Waals surface area contributed by atoms with Crippen LogP contribution in [0, 0.1) is 12.7 Å². The Morgan fingerprint density at radius 2 is 1.74 bits per heavy atom. The molecule has 0 saturated carbocycles. The van der Waals surface area contributed by atoms with Crippen LogP contribution in [0.25, 0.3) is 6.08 Å². The number of urea groups is 1. The molecule has 2 aliphatic rings. The van der Waals surface area contributed by atoms with Crippen molar-refractivity contribution in [1.29, 1.82) is 0 Å². The van der Waals surface area contributed by atoms with Crippen LogP contribution in [-0.2, 0) is 16.0 Å². The van der Waals surface area contributed by atoms with E-state index in [1.165, 1.54) is 12.1 Å². The van der Waals surface area contributed by atoms with Crippen LogP contribution < -0.4 is 15.1 Å². The molecule has 4 rings (SSSR count). The smallest absolute Gasteiger partial charge is 0.335 e. The second kappa shape index (κ2) is 8.34. The summed E-state index contributed by atoms with van der Waals surface area (Å²) in [5, 5.41) is 2.20.